The van der Waals surface area contributed by atoms with Crippen molar-refractivity contribution in [2.45, 2.75) is 12.8 Å². The molecule has 0 atom stereocenters. The van der Waals surface area contributed by atoms with Crippen molar-refractivity contribution in [3.63, 3.8) is 0 Å². The number of imidazole rings is 1. The number of hydrogen-bond donors (Lipinski definition) is 1. The van der Waals surface area contributed by atoms with E-state index in [0.717, 1.165) is 0 Å². The van der Waals surface area contributed by atoms with Crippen LogP contribution in [0.1, 0.15) is 12.1 Å². The molecule has 0 saturated heterocycles. The first-order valence-corrected chi connectivity index (χ1v) is 6.04. The molecule has 0 aliphatic carbocycles. The monoisotopic (exact) mass is 279 g/mol. The third-order valence-electron chi connectivity index (χ3n) is 2.88. The van der Waals surface area contributed by atoms with Crippen molar-refractivity contribution in [1.29, 1.82) is 0 Å². The minimum absolute atomic E-state index is 0.0550. The SMILES string of the molecule is CN(CCC(=O)O)C(=O)Cc1cn2cc(F)ccc2n1. The molecule has 2 aromatic rings. The van der Waals surface area contributed by atoms with Crippen LogP contribution in [0.2, 0.25) is 0 Å². The minimum Gasteiger partial charge on any atom is -0.481 e. The van der Waals surface area contributed by atoms with Crippen molar-refractivity contribution < 1.29 is 19.1 Å². The number of aliphatic carboxylic acids is 1. The fourth-order valence-corrected chi connectivity index (χ4v) is 1.78. The van der Waals surface area contributed by atoms with Gasteiger partial charge in [0.2, 0.25) is 5.91 Å². The quantitative estimate of drug-likeness (QED) is 0.884. The summed E-state index contributed by atoms with van der Waals surface area (Å²) in [7, 11) is 1.54. The van der Waals surface area contributed by atoms with Crippen molar-refractivity contribution >= 4 is 17.5 Å². The number of carboxylic acids is 1. The predicted molar refractivity (Wildman–Crippen MR) is 68.7 cm³/mol. The first kappa shape index (κ1) is 14.0. The van der Waals surface area contributed by atoms with Crippen LogP contribution in [0.25, 0.3) is 5.65 Å². The Morgan fingerprint density at radius 2 is 2.15 bits per heavy atom. The summed E-state index contributed by atoms with van der Waals surface area (Å²) >= 11 is 0. The number of pyridine rings is 1. The van der Waals surface area contributed by atoms with E-state index < -0.39 is 5.97 Å². The smallest absolute Gasteiger partial charge is 0.305 e. The molecule has 0 aliphatic heterocycles. The first-order chi connectivity index (χ1) is 9.45. The molecule has 6 nitrogen and oxygen atoms in total. The summed E-state index contributed by atoms with van der Waals surface area (Å²) in [5.41, 5.74) is 1.07. The third kappa shape index (κ3) is 3.31. The van der Waals surface area contributed by atoms with Crippen LogP contribution in [0.5, 0.6) is 0 Å². The van der Waals surface area contributed by atoms with Gasteiger partial charge >= 0.3 is 5.97 Å². The number of nitrogens with zero attached hydrogens (tertiary/aromatic N) is 3. The number of fused-ring (bicyclic) bond motifs is 1. The summed E-state index contributed by atoms with van der Waals surface area (Å²) in [6.45, 7) is 0.149. The Morgan fingerprint density at radius 1 is 1.40 bits per heavy atom. The number of carbonyl (C=O) groups excluding carboxylic acids is 1. The Kier molecular flexibility index (Phi) is 3.97. The van der Waals surface area contributed by atoms with E-state index in [1.54, 1.807) is 13.2 Å². The van der Waals surface area contributed by atoms with Gasteiger partial charge in [0.15, 0.2) is 0 Å². The molecule has 20 heavy (non-hydrogen) atoms. The van der Waals surface area contributed by atoms with Gasteiger partial charge in [-0.3, -0.25) is 9.59 Å². The van der Waals surface area contributed by atoms with E-state index in [4.69, 9.17) is 5.11 Å². The molecular formula is C13H14FN3O3. The zero-order valence-corrected chi connectivity index (χ0v) is 10.9. The van der Waals surface area contributed by atoms with Crippen LogP contribution in [0, 0.1) is 5.82 Å². The van der Waals surface area contributed by atoms with E-state index in [1.165, 1.54) is 27.6 Å². The lowest BCUT2D eigenvalue weighted by Gasteiger charge is -2.14. The Labute approximate surface area is 114 Å². The van der Waals surface area contributed by atoms with E-state index in [2.05, 4.69) is 4.98 Å². The molecule has 0 aromatic carbocycles. The van der Waals surface area contributed by atoms with Crippen molar-refractivity contribution in [2.75, 3.05) is 13.6 Å². The summed E-state index contributed by atoms with van der Waals surface area (Å²) < 4.78 is 14.5. The molecular weight excluding hydrogens is 265 g/mol. The molecule has 2 rings (SSSR count). The molecule has 0 saturated carbocycles. The Bertz CT molecular complexity index is 653. The summed E-state index contributed by atoms with van der Waals surface area (Å²) in [5.74, 6) is -1.56. The predicted octanol–water partition coefficient (Wildman–Crippen LogP) is 0.949. The fraction of sp³-hybridized carbons (Fsp3) is 0.308. The highest BCUT2D eigenvalue weighted by Crippen LogP contribution is 2.08. The standard InChI is InChI=1S/C13H14FN3O3/c1-16(5-4-13(19)20)12(18)6-10-8-17-7-9(14)2-3-11(17)15-10/h2-3,7-8H,4-6H2,1H3,(H,19,20). The van der Waals surface area contributed by atoms with Crippen LogP contribution in [0.3, 0.4) is 0 Å². The van der Waals surface area contributed by atoms with Gasteiger partial charge in [-0.1, -0.05) is 0 Å². The lowest BCUT2D eigenvalue weighted by atomic mass is 10.3. The van der Waals surface area contributed by atoms with Gasteiger partial charge in [-0.15, -0.1) is 0 Å². The van der Waals surface area contributed by atoms with E-state index >= 15 is 0 Å². The number of amides is 1. The number of rotatable bonds is 5. The second-order valence-corrected chi connectivity index (χ2v) is 4.48. The molecule has 2 heterocycles. The number of likely N-dealkylation sites (N-methyl/N-ethyl adjacent to an activating group) is 1. The van der Waals surface area contributed by atoms with E-state index in [0.29, 0.717) is 11.3 Å². The second-order valence-electron chi connectivity index (χ2n) is 4.48. The van der Waals surface area contributed by atoms with E-state index in [9.17, 15) is 14.0 Å². The van der Waals surface area contributed by atoms with Gasteiger partial charge in [0.05, 0.1) is 18.5 Å². The number of hydrogen-bond acceptors (Lipinski definition) is 3. The van der Waals surface area contributed by atoms with Gasteiger partial charge in [-0.2, -0.15) is 0 Å². The zero-order valence-electron chi connectivity index (χ0n) is 10.9. The molecule has 1 N–H and O–H groups in total. The average molecular weight is 279 g/mol. The van der Waals surface area contributed by atoms with Gasteiger partial charge in [0.25, 0.3) is 0 Å². The number of halogens is 1. The highest BCUT2D eigenvalue weighted by atomic mass is 19.1. The molecule has 0 spiro atoms. The largest absolute Gasteiger partial charge is 0.481 e. The van der Waals surface area contributed by atoms with Crippen LogP contribution in [-0.4, -0.2) is 44.9 Å². The van der Waals surface area contributed by atoms with E-state index in [-0.39, 0.29) is 31.1 Å². The lowest BCUT2D eigenvalue weighted by Crippen LogP contribution is -2.30. The Hall–Kier alpha value is -2.44. The van der Waals surface area contributed by atoms with Gasteiger partial charge < -0.3 is 14.4 Å². The maximum Gasteiger partial charge on any atom is 0.305 e. The molecule has 106 valence electrons. The highest BCUT2D eigenvalue weighted by molar-refractivity contribution is 5.78. The maximum atomic E-state index is 13.0. The maximum absolute atomic E-state index is 13.0. The van der Waals surface area contributed by atoms with Crippen molar-refractivity contribution in [2.24, 2.45) is 0 Å². The topological polar surface area (TPSA) is 74.9 Å². The molecule has 0 aliphatic rings. The zero-order chi connectivity index (χ0) is 14.7. The molecule has 7 heteroatoms. The highest BCUT2D eigenvalue weighted by Gasteiger charge is 2.13. The average Bonchev–Trinajstić information content (AvgIpc) is 2.76. The molecule has 0 bridgehead atoms. The minimum atomic E-state index is -0.951. The van der Waals surface area contributed by atoms with Crippen molar-refractivity contribution in [3.05, 3.63) is 36.0 Å². The molecule has 0 radical (unpaired) electrons. The summed E-state index contributed by atoms with van der Waals surface area (Å²) in [4.78, 5) is 27.9. The van der Waals surface area contributed by atoms with Crippen molar-refractivity contribution in [1.82, 2.24) is 14.3 Å². The number of aromatic nitrogens is 2. The Morgan fingerprint density at radius 3 is 2.85 bits per heavy atom. The number of carboxylic acid groups (broad SMARTS) is 1. The van der Waals surface area contributed by atoms with Crippen LogP contribution in [0.4, 0.5) is 4.39 Å². The molecule has 1 amide bonds. The Balaban J connectivity index is 2.04. The second kappa shape index (κ2) is 5.68. The number of carbonyl (C=O) groups is 2. The molecule has 2 aromatic heterocycles. The van der Waals surface area contributed by atoms with Crippen LogP contribution < -0.4 is 0 Å². The summed E-state index contributed by atoms with van der Waals surface area (Å²) in [6, 6.07) is 2.82. The summed E-state index contributed by atoms with van der Waals surface area (Å²) in [6.07, 6.45) is 2.82. The first-order valence-electron chi connectivity index (χ1n) is 6.04. The van der Waals surface area contributed by atoms with E-state index in [1.807, 2.05) is 0 Å². The molecule has 0 fully saturated rings. The van der Waals surface area contributed by atoms with Crippen LogP contribution in [0.15, 0.2) is 24.5 Å². The third-order valence-corrected chi connectivity index (χ3v) is 2.88. The van der Waals surface area contributed by atoms with Gasteiger partial charge in [-0.05, 0) is 12.1 Å². The summed E-state index contributed by atoms with van der Waals surface area (Å²) in [5, 5.41) is 8.57. The van der Waals surface area contributed by atoms with Crippen LogP contribution >= 0.6 is 0 Å². The van der Waals surface area contributed by atoms with Gasteiger partial charge in [0.1, 0.15) is 11.5 Å². The molecule has 0 unspecified atom stereocenters. The fourth-order valence-electron chi connectivity index (χ4n) is 1.78. The van der Waals surface area contributed by atoms with Crippen LogP contribution in [-0.2, 0) is 16.0 Å². The van der Waals surface area contributed by atoms with Gasteiger partial charge in [-0.25, -0.2) is 9.37 Å². The van der Waals surface area contributed by atoms with Gasteiger partial charge in [0, 0.05) is 26.0 Å². The normalized spacial score (nSPS) is 10.7. The van der Waals surface area contributed by atoms with Crippen molar-refractivity contribution in [3.8, 4) is 0 Å². The lowest BCUT2D eigenvalue weighted by molar-refractivity contribution is -0.138.